The fraction of sp³-hybridized carbons (Fsp3) is 0.316. The fourth-order valence-corrected chi connectivity index (χ4v) is 2.08. The van der Waals surface area contributed by atoms with E-state index in [9.17, 15) is 4.79 Å². The van der Waals surface area contributed by atoms with Crippen LogP contribution in [0.15, 0.2) is 48.5 Å². The maximum Gasteiger partial charge on any atom is 0.228 e. The van der Waals surface area contributed by atoms with Gasteiger partial charge in [-0.05, 0) is 35.7 Å². The lowest BCUT2D eigenvalue weighted by Crippen LogP contribution is -2.15. The van der Waals surface area contributed by atoms with Gasteiger partial charge in [-0.1, -0.05) is 38.1 Å². The van der Waals surface area contributed by atoms with Gasteiger partial charge in [-0.2, -0.15) is 0 Å². The quantitative estimate of drug-likeness (QED) is 0.843. The molecule has 0 unspecified atom stereocenters. The molecule has 0 saturated carbocycles. The SMILES string of the molecule is COc1ccc(CC(=O)Nc2ccccc2OCC(C)C)cc1. The van der Waals surface area contributed by atoms with Crippen LogP contribution in [0, 0.1) is 5.92 Å². The van der Waals surface area contributed by atoms with Crippen molar-refractivity contribution in [2.75, 3.05) is 19.0 Å². The number of para-hydroxylation sites is 2. The molecule has 122 valence electrons. The van der Waals surface area contributed by atoms with E-state index in [4.69, 9.17) is 9.47 Å². The third kappa shape index (κ3) is 5.33. The van der Waals surface area contributed by atoms with Crippen LogP contribution in [0.25, 0.3) is 0 Å². The number of rotatable bonds is 7. The molecule has 0 aliphatic rings. The first-order valence-corrected chi connectivity index (χ1v) is 7.73. The smallest absolute Gasteiger partial charge is 0.228 e. The molecule has 2 aromatic rings. The number of hydrogen-bond donors (Lipinski definition) is 1. The molecule has 0 aromatic heterocycles. The Hall–Kier alpha value is -2.49. The van der Waals surface area contributed by atoms with Crippen molar-refractivity contribution in [3.63, 3.8) is 0 Å². The normalized spacial score (nSPS) is 10.4. The van der Waals surface area contributed by atoms with Crippen molar-refractivity contribution in [1.82, 2.24) is 0 Å². The van der Waals surface area contributed by atoms with Gasteiger partial charge in [0.05, 0.1) is 25.8 Å². The summed E-state index contributed by atoms with van der Waals surface area (Å²) in [7, 11) is 1.62. The predicted octanol–water partition coefficient (Wildman–Crippen LogP) is 3.91. The van der Waals surface area contributed by atoms with Gasteiger partial charge in [0.25, 0.3) is 0 Å². The summed E-state index contributed by atoms with van der Waals surface area (Å²) in [5.41, 5.74) is 1.63. The molecule has 0 fully saturated rings. The molecular formula is C19H23NO3. The highest BCUT2D eigenvalue weighted by Gasteiger charge is 2.09. The topological polar surface area (TPSA) is 47.6 Å². The summed E-state index contributed by atoms with van der Waals surface area (Å²) in [5, 5.41) is 2.92. The second-order valence-corrected chi connectivity index (χ2v) is 5.77. The van der Waals surface area contributed by atoms with Crippen LogP contribution in [-0.4, -0.2) is 19.6 Å². The molecule has 2 rings (SSSR count). The lowest BCUT2D eigenvalue weighted by molar-refractivity contribution is -0.115. The number of ether oxygens (including phenoxy) is 2. The lowest BCUT2D eigenvalue weighted by Gasteiger charge is -2.14. The van der Waals surface area contributed by atoms with Gasteiger partial charge < -0.3 is 14.8 Å². The Bertz CT molecular complexity index is 635. The van der Waals surface area contributed by atoms with E-state index in [-0.39, 0.29) is 5.91 Å². The van der Waals surface area contributed by atoms with E-state index < -0.39 is 0 Å². The number of carbonyl (C=O) groups is 1. The Morgan fingerprint density at radius 2 is 1.78 bits per heavy atom. The van der Waals surface area contributed by atoms with Crippen LogP contribution >= 0.6 is 0 Å². The van der Waals surface area contributed by atoms with Crippen molar-refractivity contribution >= 4 is 11.6 Å². The van der Waals surface area contributed by atoms with E-state index in [0.717, 1.165) is 11.3 Å². The molecule has 0 radical (unpaired) electrons. The number of benzene rings is 2. The van der Waals surface area contributed by atoms with E-state index in [2.05, 4.69) is 19.2 Å². The summed E-state index contributed by atoms with van der Waals surface area (Å²) in [6, 6.07) is 15.0. The molecule has 2 aromatic carbocycles. The number of anilines is 1. The first kappa shape index (κ1) is 16.9. The van der Waals surface area contributed by atoms with Crippen LogP contribution in [-0.2, 0) is 11.2 Å². The van der Waals surface area contributed by atoms with Crippen LogP contribution in [0.4, 0.5) is 5.69 Å². The number of carbonyl (C=O) groups excluding carboxylic acids is 1. The summed E-state index contributed by atoms with van der Waals surface area (Å²) in [5.74, 6) is 1.83. The summed E-state index contributed by atoms with van der Waals surface area (Å²) in [4.78, 5) is 12.2. The second-order valence-electron chi connectivity index (χ2n) is 5.77. The maximum absolute atomic E-state index is 12.2. The highest BCUT2D eigenvalue weighted by molar-refractivity contribution is 5.93. The van der Waals surface area contributed by atoms with Gasteiger partial charge in [-0.15, -0.1) is 0 Å². The van der Waals surface area contributed by atoms with Gasteiger partial charge in [0.1, 0.15) is 11.5 Å². The Kier molecular flexibility index (Phi) is 6.03. The highest BCUT2D eigenvalue weighted by atomic mass is 16.5. The molecule has 0 aliphatic carbocycles. The first-order valence-electron chi connectivity index (χ1n) is 7.73. The average Bonchev–Trinajstić information content (AvgIpc) is 2.54. The van der Waals surface area contributed by atoms with Gasteiger partial charge in [0.15, 0.2) is 0 Å². The van der Waals surface area contributed by atoms with Crippen molar-refractivity contribution in [2.45, 2.75) is 20.3 Å². The van der Waals surface area contributed by atoms with Gasteiger partial charge in [-0.3, -0.25) is 4.79 Å². The zero-order chi connectivity index (χ0) is 16.7. The van der Waals surface area contributed by atoms with Gasteiger partial charge in [-0.25, -0.2) is 0 Å². The zero-order valence-electron chi connectivity index (χ0n) is 13.8. The van der Waals surface area contributed by atoms with Crippen LogP contribution in [0.3, 0.4) is 0 Å². The molecule has 1 amide bonds. The predicted molar refractivity (Wildman–Crippen MR) is 92.1 cm³/mol. The Morgan fingerprint density at radius 3 is 2.43 bits per heavy atom. The summed E-state index contributed by atoms with van der Waals surface area (Å²) in [6.45, 7) is 4.79. The summed E-state index contributed by atoms with van der Waals surface area (Å²) in [6.07, 6.45) is 0.308. The second kappa shape index (κ2) is 8.22. The summed E-state index contributed by atoms with van der Waals surface area (Å²) < 4.78 is 10.9. The minimum atomic E-state index is -0.0734. The van der Waals surface area contributed by atoms with Crippen molar-refractivity contribution in [3.8, 4) is 11.5 Å². The van der Waals surface area contributed by atoms with Crippen LogP contribution in [0.1, 0.15) is 19.4 Å². The van der Waals surface area contributed by atoms with Gasteiger partial charge in [0, 0.05) is 0 Å². The molecule has 1 N–H and O–H groups in total. The van der Waals surface area contributed by atoms with Crippen LogP contribution < -0.4 is 14.8 Å². The van der Waals surface area contributed by atoms with Crippen molar-refractivity contribution in [3.05, 3.63) is 54.1 Å². The first-order chi connectivity index (χ1) is 11.1. The Morgan fingerprint density at radius 1 is 1.09 bits per heavy atom. The number of hydrogen-bond acceptors (Lipinski definition) is 3. The van der Waals surface area contributed by atoms with E-state index in [1.54, 1.807) is 7.11 Å². The molecule has 0 heterocycles. The van der Waals surface area contributed by atoms with E-state index in [0.29, 0.717) is 30.4 Å². The zero-order valence-corrected chi connectivity index (χ0v) is 13.8. The standard InChI is InChI=1S/C19H23NO3/c1-14(2)13-23-18-7-5-4-6-17(18)20-19(21)12-15-8-10-16(22-3)11-9-15/h4-11,14H,12-13H2,1-3H3,(H,20,21). The Labute approximate surface area is 137 Å². The average molecular weight is 313 g/mol. The van der Waals surface area contributed by atoms with Crippen molar-refractivity contribution in [1.29, 1.82) is 0 Å². The molecule has 0 aliphatic heterocycles. The van der Waals surface area contributed by atoms with E-state index in [1.807, 2.05) is 48.5 Å². The monoisotopic (exact) mass is 313 g/mol. The fourth-order valence-electron chi connectivity index (χ4n) is 2.08. The number of nitrogens with one attached hydrogen (secondary N) is 1. The van der Waals surface area contributed by atoms with Crippen molar-refractivity contribution in [2.24, 2.45) is 5.92 Å². The molecule has 4 nitrogen and oxygen atoms in total. The third-order valence-electron chi connectivity index (χ3n) is 3.26. The third-order valence-corrected chi connectivity index (χ3v) is 3.26. The molecule has 0 bridgehead atoms. The molecule has 4 heteroatoms. The largest absolute Gasteiger partial charge is 0.497 e. The maximum atomic E-state index is 12.2. The van der Waals surface area contributed by atoms with E-state index in [1.165, 1.54) is 0 Å². The van der Waals surface area contributed by atoms with E-state index >= 15 is 0 Å². The highest BCUT2D eigenvalue weighted by Crippen LogP contribution is 2.24. The molecule has 23 heavy (non-hydrogen) atoms. The molecule has 0 saturated heterocycles. The number of methoxy groups -OCH3 is 1. The minimum Gasteiger partial charge on any atom is -0.497 e. The van der Waals surface area contributed by atoms with Gasteiger partial charge in [0.2, 0.25) is 5.91 Å². The van der Waals surface area contributed by atoms with Gasteiger partial charge >= 0.3 is 0 Å². The number of amides is 1. The molecular weight excluding hydrogens is 290 g/mol. The summed E-state index contributed by atoms with van der Waals surface area (Å²) >= 11 is 0. The van der Waals surface area contributed by atoms with Crippen LogP contribution in [0.5, 0.6) is 11.5 Å². The lowest BCUT2D eigenvalue weighted by atomic mass is 10.1. The molecule has 0 spiro atoms. The molecule has 0 atom stereocenters. The Balaban J connectivity index is 1.99. The minimum absolute atomic E-state index is 0.0734. The van der Waals surface area contributed by atoms with Crippen LogP contribution in [0.2, 0.25) is 0 Å². The van der Waals surface area contributed by atoms with Crippen molar-refractivity contribution < 1.29 is 14.3 Å².